The highest BCUT2D eigenvalue weighted by Gasteiger charge is 2.06. The second-order valence-electron chi connectivity index (χ2n) is 4.69. The minimum Gasteiger partial charge on any atom is -0.324 e. The van der Waals surface area contributed by atoms with Crippen molar-refractivity contribution < 1.29 is 4.79 Å². The first kappa shape index (κ1) is 15.1. The first-order valence-corrected chi connectivity index (χ1v) is 7.77. The molecule has 21 heavy (non-hydrogen) atoms. The molecule has 3 nitrogen and oxygen atoms in total. The predicted molar refractivity (Wildman–Crippen MR) is 87.1 cm³/mol. The molecule has 0 aliphatic rings. The molecule has 1 amide bonds. The highest BCUT2D eigenvalue weighted by atomic mass is 32.2. The number of carbonyl (C=O) groups excluding carboxylic acids is 1. The topological polar surface area (TPSA) is 52.9 Å². The molecule has 0 aliphatic carbocycles. The van der Waals surface area contributed by atoms with Crippen molar-refractivity contribution in [3.8, 4) is 6.07 Å². The van der Waals surface area contributed by atoms with E-state index in [9.17, 15) is 4.79 Å². The van der Waals surface area contributed by atoms with Crippen molar-refractivity contribution in [1.29, 1.82) is 5.26 Å². The summed E-state index contributed by atoms with van der Waals surface area (Å²) >= 11 is 1.56. The van der Waals surface area contributed by atoms with Crippen LogP contribution in [0.1, 0.15) is 16.7 Å². The summed E-state index contributed by atoms with van der Waals surface area (Å²) in [6.45, 7) is 2.06. The van der Waals surface area contributed by atoms with Crippen LogP contribution in [0.15, 0.2) is 48.5 Å². The van der Waals surface area contributed by atoms with Crippen LogP contribution in [-0.2, 0) is 10.5 Å². The molecule has 0 heterocycles. The van der Waals surface area contributed by atoms with Crippen molar-refractivity contribution >= 4 is 23.4 Å². The maximum Gasteiger partial charge on any atom is 0.234 e. The zero-order valence-corrected chi connectivity index (χ0v) is 12.6. The fourth-order valence-electron chi connectivity index (χ4n) is 1.94. The van der Waals surface area contributed by atoms with Crippen molar-refractivity contribution in [2.45, 2.75) is 12.7 Å². The van der Waals surface area contributed by atoms with E-state index in [1.807, 2.05) is 6.07 Å². The molecule has 0 spiro atoms. The van der Waals surface area contributed by atoms with Crippen LogP contribution in [0.25, 0.3) is 0 Å². The number of thioether (sulfide) groups is 1. The summed E-state index contributed by atoms with van der Waals surface area (Å²) in [6, 6.07) is 17.3. The maximum absolute atomic E-state index is 11.9. The minimum absolute atomic E-state index is 0.0876. The molecule has 4 heteroatoms. The lowest BCUT2D eigenvalue weighted by atomic mass is 10.2. The number of hydrogen-bond donors (Lipinski definition) is 1. The quantitative estimate of drug-likeness (QED) is 0.914. The number of nitrogens with zero attached hydrogens (tertiary/aromatic N) is 1. The van der Waals surface area contributed by atoms with Crippen LogP contribution in [0.4, 0.5) is 5.69 Å². The lowest BCUT2D eigenvalue weighted by Crippen LogP contribution is -2.15. The van der Waals surface area contributed by atoms with E-state index in [2.05, 4.69) is 36.5 Å². The summed E-state index contributed by atoms with van der Waals surface area (Å²) in [4.78, 5) is 11.9. The molecule has 0 unspecified atom stereocenters. The van der Waals surface area contributed by atoms with Crippen molar-refractivity contribution in [1.82, 2.24) is 0 Å². The number of benzene rings is 2. The van der Waals surface area contributed by atoms with Crippen LogP contribution in [0.5, 0.6) is 0 Å². The van der Waals surface area contributed by atoms with Gasteiger partial charge in [-0.25, -0.2) is 0 Å². The second-order valence-corrected chi connectivity index (χ2v) is 5.67. The van der Waals surface area contributed by atoms with Crippen LogP contribution in [0, 0.1) is 18.3 Å². The third kappa shape index (κ3) is 4.66. The van der Waals surface area contributed by atoms with E-state index >= 15 is 0 Å². The van der Waals surface area contributed by atoms with Gasteiger partial charge in [-0.2, -0.15) is 5.26 Å². The number of anilines is 1. The molecule has 2 aromatic carbocycles. The van der Waals surface area contributed by atoms with E-state index in [4.69, 9.17) is 5.26 Å². The SMILES string of the molecule is Cc1cccc(CSCC(=O)Nc2ccccc2C#N)c1. The standard InChI is InChI=1S/C17H16N2OS/c1-13-5-4-6-14(9-13)11-21-12-17(20)19-16-8-3-2-7-15(16)10-18/h2-9H,11-12H2,1H3,(H,19,20). The van der Waals surface area contributed by atoms with Crippen LogP contribution < -0.4 is 5.32 Å². The Hall–Kier alpha value is -2.25. The van der Waals surface area contributed by atoms with Gasteiger partial charge in [0.25, 0.3) is 0 Å². The van der Waals surface area contributed by atoms with Gasteiger partial charge in [0.05, 0.1) is 17.0 Å². The Balaban J connectivity index is 1.84. The van der Waals surface area contributed by atoms with Gasteiger partial charge in [-0.1, -0.05) is 42.0 Å². The third-order valence-corrected chi connectivity index (χ3v) is 3.91. The fraction of sp³-hybridized carbons (Fsp3) is 0.176. The monoisotopic (exact) mass is 296 g/mol. The van der Waals surface area contributed by atoms with Gasteiger partial charge in [0.2, 0.25) is 5.91 Å². The first-order chi connectivity index (χ1) is 10.2. The molecule has 0 bridgehead atoms. The summed E-state index contributed by atoms with van der Waals surface area (Å²) in [6.07, 6.45) is 0. The Morgan fingerprint density at radius 1 is 1.24 bits per heavy atom. The molecule has 106 valence electrons. The second kappa shape index (κ2) is 7.51. The molecule has 2 rings (SSSR count). The predicted octanol–water partition coefficient (Wildman–Crippen LogP) is 3.74. The van der Waals surface area contributed by atoms with Gasteiger partial charge in [0, 0.05) is 5.75 Å². The van der Waals surface area contributed by atoms with Gasteiger partial charge in [0.1, 0.15) is 6.07 Å². The minimum atomic E-state index is -0.0876. The van der Waals surface area contributed by atoms with Crippen LogP contribution in [-0.4, -0.2) is 11.7 Å². The van der Waals surface area contributed by atoms with Gasteiger partial charge in [-0.15, -0.1) is 11.8 Å². The summed E-state index contributed by atoms with van der Waals surface area (Å²) < 4.78 is 0. The first-order valence-electron chi connectivity index (χ1n) is 6.61. The normalized spacial score (nSPS) is 9.90. The van der Waals surface area contributed by atoms with Crippen molar-refractivity contribution in [2.75, 3.05) is 11.1 Å². The van der Waals surface area contributed by atoms with E-state index in [1.165, 1.54) is 11.1 Å². The number of aryl methyl sites for hydroxylation is 1. The van der Waals surface area contributed by atoms with Gasteiger partial charge in [-0.05, 0) is 24.6 Å². The average molecular weight is 296 g/mol. The molecule has 0 aromatic heterocycles. The largest absolute Gasteiger partial charge is 0.324 e. The molecule has 0 aliphatic heterocycles. The van der Waals surface area contributed by atoms with E-state index in [1.54, 1.807) is 36.0 Å². The molecule has 0 radical (unpaired) electrons. The van der Waals surface area contributed by atoms with Crippen LogP contribution in [0.3, 0.4) is 0 Å². The lowest BCUT2D eigenvalue weighted by Gasteiger charge is -2.07. The molecule has 0 saturated heterocycles. The van der Waals surface area contributed by atoms with Gasteiger partial charge in [0.15, 0.2) is 0 Å². The molecular formula is C17H16N2OS. The summed E-state index contributed by atoms with van der Waals surface area (Å²) in [5.74, 6) is 1.08. The van der Waals surface area contributed by atoms with Crippen molar-refractivity contribution in [2.24, 2.45) is 0 Å². The molecule has 2 aromatic rings. The third-order valence-electron chi connectivity index (χ3n) is 2.91. The van der Waals surface area contributed by atoms with E-state index in [-0.39, 0.29) is 5.91 Å². The Morgan fingerprint density at radius 2 is 2.05 bits per heavy atom. The Morgan fingerprint density at radius 3 is 2.81 bits per heavy atom. The van der Waals surface area contributed by atoms with Crippen molar-refractivity contribution in [3.05, 3.63) is 65.2 Å². The molecular weight excluding hydrogens is 280 g/mol. The Kier molecular flexibility index (Phi) is 5.42. The number of nitriles is 1. The van der Waals surface area contributed by atoms with E-state index in [0.717, 1.165) is 5.75 Å². The highest BCUT2D eigenvalue weighted by molar-refractivity contribution is 7.99. The Bertz CT molecular complexity index is 676. The summed E-state index contributed by atoms with van der Waals surface area (Å²) in [7, 11) is 0. The van der Waals surface area contributed by atoms with E-state index in [0.29, 0.717) is 17.0 Å². The van der Waals surface area contributed by atoms with Crippen LogP contribution >= 0.6 is 11.8 Å². The zero-order chi connectivity index (χ0) is 15.1. The van der Waals surface area contributed by atoms with Crippen molar-refractivity contribution in [3.63, 3.8) is 0 Å². The van der Waals surface area contributed by atoms with Gasteiger partial charge in [-0.3, -0.25) is 4.79 Å². The summed E-state index contributed by atoms with van der Waals surface area (Å²) in [5, 5.41) is 11.8. The van der Waals surface area contributed by atoms with Gasteiger partial charge >= 0.3 is 0 Å². The average Bonchev–Trinajstić information content (AvgIpc) is 2.48. The fourth-order valence-corrected chi connectivity index (χ4v) is 2.71. The number of nitrogens with one attached hydrogen (secondary N) is 1. The Labute approximate surface area is 129 Å². The maximum atomic E-state index is 11.9. The van der Waals surface area contributed by atoms with Gasteiger partial charge < -0.3 is 5.32 Å². The van der Waals surface area contributed by atoms with Crippen LogP contribution in [0.2, 0.25) is 0 Å². The molecule has 0 fully saturated rings. The molecule has 0 saturated carbocycles. The van der Waals surface area contributed by atoms with E-state index < -0.39 is 0 Å². The zero-order valence-electron chi connectivity index (χ0n) is 11.8. The highest BCUT2D eigenvalue weighted by Crippen LogP contribution is 2.16. The summed E-state index contributed by atoms with van der Waals surface area (Å²) in [5.41, 5.74) is 3.49. The number of carbonyl (C=O) groups is 1. The number of amides is 1. The number of para-hydroxylation sites is 1. The number of hydrogen-bond acceptors (Lipinski definition) is 3. The smallest absolute Gasteiger partial charge is 0.234 e. The lowest BCUT2D eigenvalue weighted by molar-refractivity contribution is -0.113. The molecule has 0 atom stereocenters. The number of rotatable bonds is 5. The molecule has 1 N–H and O–H groups in total.